The van der Waals surface area contributed by atoms with E-state index in [1.165, 1.54) is 0 Å². The van der Waals surface area contributed by atoms with E-state index in [1.54, 1.807) is 13.8 Å². The van der Waals surface area contributed by atoms with Crippen LogP contribution in [-0.2, 0) is 14.2 Å². The molecule has 5 atom stereocenters. The summed E-state index contributed by atoms with van der Waals surface area (Å²) in [6, 6.07) is 0. The van der Waals surface area contributed by atoms with Gasteiger partial charge in [-0.15, -0.1) is 0 Å². The first-order chi connectivity index (χ1) is 6.94. The molecular weight excluding hydrogens is 204 g/mol. The minimum Gasteiger partial charge on any atom is -0.394 e. The summed E-state index contributed by atoms with van der Waals surface area (Å²) in [5, 5.41) is 27.9. The highest BCUT2D eigenvalue weighted by atomic mass is 16.8. The van der Waals surface area contributed by atoms with Crippen molar-refractivity contribution < 1.29 is 29.5 Å². The third-order valence-corrected chi connectivity index (χ3v) is 2.62. The molecule has 0 saturated carbocycles. The molecule has 0 aromatic rings. The summed E-state index contributed by atoms with van der Waals surface area (Å²) in [4.78, 5) is 0. The number of ether oxygens (including phenoxy) is 3. The molecule has 2 fully saturated rings. The Balaban J connectivity index is 2.05. The summed E-state index contributed by atoms with van der Waals surface area (Å²) in [5.41, 5.74) is 0. The van der Waals surface area contributed by atoms with Crippen LogP contribution in [0.4, 0.5) is 0 Å². The maximum absolute atomic E-state index is 9.79. The van der Waals surface area contributed by atoms with Crippen LogP contribution in [0.25, 0.3) is 0 Å². The molecule has 1 unspecified atom stereocenters. The molecule has 3 N–H and O–H groups in total. The Bertz CT molecular complexity index is 243. The molecule has 0 aromatic carbocycles. The standard InChI is InChI=1S/C9H16O6/c1-9(2)14-7-5(12)6(4(11)3-10)13-8(7)15-9/h4-8,10-12H,3H2,1-2H3/t4-,5-,6+,7-,8?/m1/s1. The first-order valence-corrected chi connectivity index (χ1v) is 4.93. The summed E-state index contributed by atoms with van der Waals surface area (Å²) < 4.78 is 16.1. The minimum absolute atomic E-state index is 0.468. The average Bonchev–Trinajstić information content (AvgIpc) is 2.60. The lowest BCUT2D eigenvalue weighted by Gasteiger charge is -2.24. The molecule has 0 aromatic heterocycles. The molecule has 88 valence electrons. The third-order valence-electron chi connectivity index (χ3n) is 2.62. The molecule has 0 spiro atoms. The zero-order chi connectivity index (χ0) is 11.2. The topological polar surface area (TPSA) is 88.4 Å². The largest absolute Gasteiger partial charge is 0.394 e. The second-order valence-corrected chi connectivity index (χ2v) is 4.31. The van der Waals surface area contributed by atoms with Crippen LogP contribution in [0.2, 0.25) is 0 Å². The number of hydrogen-bond donors (Lipinski definition) is 3. The predicted molar refractivity (Wildman–Crippen MR) is 47.8 cm³/mol. The summed E-state index contributed by atoms with van der Waals surface area (Å²) in [5.74, 6) is -0.786. The molecule has 6 nitrogen and oxygen atoms in total. The van der Waals surface area contributed by atoms with Gasteiger partial charge in [-0.2, -0.15) is 0 Å². The van der Waals surface area contributed by atoms with E-state index in [2.05, 4.69) is 0 Å². The fourth-order valence-electron chi connectivity index (χ4n) is 1.94. The van der Waals surface area contributed by atoms with E-state index in [0.717, 1.165) is 0 Å². The van der Waals surface area contributed by atoms with Gasteiger partial charge in [0.2, 0.25) is 0 Å². The smallest absolute Gasteiger partial charge is 0.190 e. The predicted octanol–water partition coefficient (Wildman–Crippen LogP) is -1.42. The first-order valence-electron chi connectivity index (χ1n) is 4.93. The van der Waals surface area contributed by atoms with Gasteiger partial charge in [0, 0.05) is 0 Å². The zero-order valence-electron chi connectivity index (χ0n) is 8.66. The Hall–Kier alpha value is -0.240. The van der Waals surface area contributed by atoms with Crippen molar-refractivity contribution in [1.29, 1.82) is 0 Å². The lowest BCUT2D eigenvalue weighted by molar-refractivity contribution is -0.227. The maximum Gasteiger partial charge on any atom is 0.190 e. The Labute approximate surface area is 87.4 Å². The molecule has 0 bridgehead atoms. The fraction of sp³-hybridized carbons (Fsp3) is 1.00. The molecule has 2 rings (SSSR count). The summed E-state index contributed by atoms with van der Waals surface area (Å²) in [7, 11) is 0. The van der Waals surface area contributed by atoms with E-state index in [9.17, 15) is 10.2 Å². The fourth-order valence-corrected chi connectivity index (χ4v) is 1.94. The van der Waals surface area contributed by atoms with Crippen LogP contribution >= 0.6 is 0 Å². The quantitative estimate of drug-likeness (QED) is 0.529. The molecule has 2 saturated heterocycles. The molecule has 0 amide bonds. The second kappa shape index (κ2) is 3.65. The van der Waals surface area contributed by atoms with Crippen molar-refractivity contribution in [1.82, 2.24) is 0 Å². The normalized spacial score (nSPS) is 45.4. The number of aliphatic hydroxyl groups excluding tert-OH is 3. The van der Waals surface area contributed by atoms with Crippen molar-refractivity contribution in [3.63, 3.8) is 0 Å². The van der Waals surface area contributed by atoms with Crippen molar-refractivity contribution in [2.75, 3.05) is 6.61 Å². The molecule has 2 aliphatic rings. The summed E-state index contributed by atoms with van der Waals surface area (Å²) in [6.07, 6.45) is -4.26. The third kappa shape index (κ3) is 1.89. The van der Waals surface area contributed by atoms with Crippen molar-refractivity contribution in [3.05, 3.63) is 0 Å². The highest BCUT2D eigenvalue weighted by Crippen LogP contribution is 2.38. The number of aliphatic hydroxyl groups is 3. The molecule has 0 radical (unpaired) electrons. The molecule has 2 aliphatic heterocycles. The van der Waals surface area contributed by atoms with Gasteiger partial charge in [0.05, 0.1) is 6.61 Å². The van der Waals surface area contributed by atoms with Gasteiger partial charge in [-0.05, 0) is 13.8 Å². The second-order valence-electron chi connectivity index (χ2n) is 4.31. The Morgan fingerprint density at radius 1 is 1.33 bits per heavy atom. The van der Waals surface area contributed by atoms with Crippen LogP contribution in [0, 0.1) is 0 Å². The van der Waals surface area contributed by atoms with Crippen molar-refractivity contribution in [2.24, 2.45) is 0 Å². The van der Waals surface area contributed by atoms with E-state index >= 15 is 0 Å². The van der Waals surface area contributed by atoms with Crippen LogP contribution in [0.3, 0.4) is 0 Å². The molecule has 15 heavy (non-hydrogen) atoms. The SMILES string of the molecule is CC1(C)OC2O[C@@H]([C@H](O)CO)[C@@H](O)[C@H]2O1. The molecular formula is C9H16O6. The van der Waals surface area contributed by atoms with Gasteiger partial charge < -0.3 is 29.5 Å². The molecule has 6 heteroatoms. The minimum atomic E-state index is -1.12. The Kier molecular flexibility index (Phi) is 2.74. The van der Waals surface area contributed by atoms with E-state index in [0.29, 0.717) is 0 Å². The van der Waals surface area contributed by atoms with Gasteiger partial charge in [-0.3, -0.25) is 0 Å². The highest BCUT2D eigenvalue weighted by Gasteiger charge is 2.55. The zero-order valence-corrected chi connectivity index (χ0v) is 8.66. The van der Waals surface area contributed by atoms with Gasteiger partial charge >= 0.3 is 0 Å². The number of rotatable bonds is 2. The van der Waals surface area contributed by atoms with Gasteiger partial charge in [0.25, 0.3) is 0 Å². The van der Waals surface area contributed by atoms with Gasteiger partial charge in [0.15, 0.2) is 12.1 Å². The number of hydrogen-bond acceptors (Lipinski definition) is 6. The average molecular weight is 220 g/mol. The Morgan fingerprint density at radius 2 is 2.00 bits per heavy atom. The van der Waals surface area contributed by atoms with Crippen LogP contribution in [-0.4, -0.2) is 58.4 Å². The van der Waals surface area contributed by atoms with Crippen molar-refractivity contribution in [2.45, 2.75) is 50.3 Å². The van der Waals surface area contributed by atoms with Gasteiger partial charge in [-0.25, -0.2) is 0 Å². The number of fused-ring (bicyclic) bond motifs is 1. The summed E-state index contributed by atoms with van der Waals surface area (Å²) >= 11 is 0. The van der Waals surface area contributed by atoms with Gasteiger partial charge in [0.1, 0.15) is 24.4 Å². The monoisotopic (exact) mass is 220 g/mol. The van der Waals surface area contributed by atoms with E-state index < -0.39 is 43.1 Å². The van der Waals surface area contributed by atoms with Crippen LogP contribution in [0.1, 0.15) is 13.8 Å². The lowest BCUT2D eigenvalue weighted by Crippen LogP contribution is -2.42. The first kappa shape index (κ1) is 11.3. The van der Waals surface area contributed by atoms with E-state index in [1.807, 2.05) is 0 Å². The summed E-state index contributed by atoms with van der Waals surface area (Å²) in [6.45, 7) is 2.97. The van der Waals surface area contributed by atoms with E-state index in [4.69, 9.17) is 19.3 Å². The highest BCUT2D eigenvalue weighted by molar-refractivity contribution is 4.95. The van der Waals surface area contributed by atoms with Crippen LogP contribution in [0.5, 0.6) is 0 Å². The van der Waals surface area contributed by atoms with Crippen molar-refractivity contribution >= 4 is 0 Å². The Morgan fingerprint density at radius 3 is 2.53 bits per heavy atom. The maximum atomic E-state index is 9.79. The lowest BCUT2D eigenvalue weighted by atomic mass is 10.1. The molecule has 2 heterocycles. The van der Waals surface area contributed by atoms with Crippen LogP contribution in [0.15, 0.2) is 0 Å². The van der Waals surface area contributed by atoms with Gasteiger partial charge in [-0.1, -0.05) is 0 Å². The van der Waals surface area contributed by atoms with Crippen LogP contribution < -0.4 is 0 Å². The van der Waals surface area contributed by atoms with Crippen molar-refractivity contribution in [3.8, 4) is 0 Å². The molecule has 0 aliphatic carbocycles. The van der Waals surface area contributed by atoms with E-state index in [-0.39, 0.29) is 0 Å².